The van der Waals surface area contributed by atoms with E-state index in [-0.39, 0.29) is 11.8 Å². The summed E-state index contributed by atoms with van der Waals surface area (Å²) in [4.78, 5) is 22.7. The number of nitrogens with two attached hydrogens (primary N) is 1. The molecular formula is C10H16N4O3S. The molecule has 1 aliphatic rings. The maximum absolute atomic E-state index is 11.6. The van der Waals surface area contributed by atoms with Crippen LogP contribution in [0.15, 0.2) is 9.95 Å². The molecule has 0 radical (unpaired) electrons. The number of ether oxygens (including phenoxy) is 1. The molecule has 0 spiro atoms. The quantitative estimate of drug-likeness (QED) is 0.717. The van der Waals surface area contributed by atoms with Crippen molar-refractivity contribution in [3.8, 4) is 0 Å². The Hall–Kier alpha value is -1.28. The summed E-state index contributed by atoms with van der Waals surface area (Å²) < 4.78 is 6.99. The minimum Gasteiger partial charge on any atom is -0.376 e. The second-order valence-electron chi connectivity index (χ2n) is 4.22. The number of amides is 1. The predicted molar refractivity (Wildman–Crippen MR) is 66.3 cm³/mol. The van der Waals surface area contributed by atoms with Gasteiger partial charge in [-0.05, 0) is 19.8 Å². The molecule has 0 aromatic carbocycles. The average Bonchev–Trinajstić information content (AvgIpc) is 2.93. The van der Waals surface area contributed by atoms with Crippen LogP contribution >= 0.6 is 11.8 Å². The molecule has 3 N–H and O–H groups in total. The van der Waals surface area contributed by atoms with Crippen molar-refractivity contribution in [2.75, 3.05) is 6.61 Å². The van der Waals surface area contributed by atoms with Crippen LogP contribution in [0.25, 0.3) is 0 Å². The Balaban J connectivity index is 2.10. The SMILES string of the molecule is C[C@H](Sc1n[nH]c(=O)n1C[C@@H]1CCCO1)C(N)=O. The molecule has 2 rings (SSSR count). The van der Waals surface area contributed by atoms with E-state index in [2.05, 4.69) is 10.2 Å². The van der Waals surface area contributed by atoms with Crippen LogP contribution in [0.3, 0.4) is 0 Å². The van der Waals surface area contributed by atoms with E-state index in [1.807, 2.05) is 0 Å². The maximum atomic E-state index is 11.6. The van der Waals surface area contributed by atoms with E-state index in [4.69, 9.17) is 10.5 Å². The predicted octanol–water partition coefficient (Wildman–Crippen LogP) is -0.284. The number of thioether (sulfide) groups is 1. The Morgan fingerprint density at radius 2 is 2.56 bits per heavy atom. The summed E-state index contributed by atoms with van der Waals surface area (Å²) >= 11 is 1.17. The second kappa shape index (κ2) is 5.57. The number of carbonyl (C=O) groups is 1. The molecule has 0 aliphatic carbocycles. The summed E-state index contributed by atoms with van der Waals surface area (Å²) in [6.07, 6.45) is 1.99. The maximum Gasteiger partial charge on any atom is 0.344 e. The summed E-state index contributed by atoms with van der Waals surface area (Å²) in [5.74, 6) is -0.431. The van der Waals surface area contributed by atoms with Crippen LogP contribution in [0.4, 0.5) is 0 Å². The number of nitrogens with one attached hydrogen (secondary N) is 1. The molecule has 8 heteroatoms. The van der Waals surface area contributed by atoms with Gasteiger partial charge in [-0.2, -0.15) is 0 Å². The van der Waals surface area contributed by atoms with Crippen molar-refractivity contribution in [1.29, 1.82) is 0 Å². The van der Waals surface area contributed by atoms with E-state index in [1.54, 1.807) is 6.92 Å². The van der Waals surface area contributed by atoms with Gasteiger partial charge in [-0.3, -0.25) is 9.36 Å². The van der Waals surface area contributed by atoms with E-state index >= 15 is 0 Å². The molecule has 7 nitrogen and oxygen atoms in total. The molecule has 2 atom stereocenters. The van der Waals surface area contributed by atoms with E-state index in [0.29, 0.717) is 11.7 Å². The van der Waals surface area contributed by atoms with Crippen LogP contribution < -0.4 is 11.4 Å². The van der Waals surface area contributed by atoms with Crippen molar-refractivity contribution < 1.29 is 9.53 Å². The van der Waals surface area contributed by atoms with Crippen LogP contribution in [-0.4, -0.2) is 38.6 Å². The third-order valence-corrected chi connectivity index (χ3v) is 3.92. The first-order valence-electron chi connectivity index (χ1n) is 5.80. The topological polar surface area (TPSA) is 103 Å². The average molecular weight is 272 g/mol. The highest BCUT2D eigenvalue weighted by atomic mass is 32.2. The second-order valence-corrected chi connectivity index (χ2v) is 5.53. The zero-order chi connectivity index (χ0) is 13.1. The van der Waals surface area contributed by atoms with Gasteiger partial charge in [0.2, 0.25) is 5.91 Å². The van der Waals surface area contributed by atoms with Gasteiger partial charge < -0.3 is 10.5 Å². The normalized spacial score (nSPS) is 21.1. The number of hydrogen-bond donors (Lipinski definition) is 2. The van der Waals surface area contributed by atoms with E-state index in [0.717, 1.165) is 19.4 Å². The van der Waals surface area contributed by atoms with E-state index in [9.17, 15) is 9.59 Å². The van der Waals surface area contributed by atoms with E-state index < -0.39 is 11.2 Å². The minimum absolute atomic E-state index is 0.0449. The fraction of sp³-hybridized carbons (Fsp3) is 0.700. The lowest BCUT2D eigenvalue weighted by Gasteiger charge is -2.12. The molecule has 1 aromatic rings. The summed E-state index contributed by atoms with van der Waals surface area (Å²) in [7, 11) is 0. The van der Waals surface area contributed by atoms with Crippen LogP contribution in [0.1, 0.15) is 19.8 Å². The fourth-order valence-corrected chi connectivity index (χ4v) is 2.58. The lowest BCUT2D eigenvalue weighted by Crippen LogP contribution is -2.27. The van der Waals surface area contributed by atoms with Crippen LogP contribution in [0.5, 0.6) is 0 Å². The Kier molecular flexibility index (Phi) is 4.07. The molecule has 1 aromatic heterocycles. The molecule has 18 heavy (non-hydrogen) atoms. The standard InChI is InChI=1S/C10H16N4O3S/c1-6(8(11)15)18-10-13-12-9(16)14(10)5-7-3-2-4-17-7/h6-7H,2-5H2,1H3,(H2,11,15)(H,12,16)/t6-,7-/m0/s1. The first-order chi connectivity index (χ1) is 8.58. The number of primary amides is 1. The van der Waals surface area contributed by atoms with Gasteiger partial charge in [-0.15, -0.1) is 5.10 Å². The van der Waals surface area contributed by atoms with Gasteiger partial charge in [0.05, 0.1) is 17.9 Å². The molecule has 2 heterocycles. The molecule has 1 fully saturated rings. The van der Waals surface area contributed by atoms with Crippen molar-refractivity contribution in [3.63, 3.8) is 0 Å². The summed E-state index contributed by atoms with van der Waals surface area (Å²) in [6, 6.07) is 0. The number of H-pyrrole nitrogens is 1. The number of aromatic nitrogens is 3. The Bertz CT molecular complexity index is 478. The van der Waals surface area contributed by atoms with Gasteiger partial charge in [-0.1, -0.05) is 11.8 Å². The van der Waals surface area contributed by atoms with Gasteiger partial charge in [0.15, 0.2) is 5.16 Å². The molecular weight excluding hydrogens is 256 g/mol. The first-order valence-corrected chi connectivity index (χ1v) is 6.68. The lowest BCUT2D eigenvalue weighted by atomic mass is 10.2. The summed E-state index contributed by atoms with van der Waals surface area (Å²) in [5, 5.41) is 6.34. The number of rotatable bonds is 5. The van der Waals surface area contributed by atoms with E-state index in [1.165, 1.54) is 16.3 Å². The number of aromatic amines is 1. The van der Waals surface area contributed by atoms with Crippen molar-refractivity contribution in [2.24, 2.45) is 5.73 Å². The third kappa shape index (κ3) is 2.94. The fourth-order valence-electron chi connectivity index (χ4n) is 1.76. The van der Waals surface area contributed by atoms with Gasteiger partial charge in [0.1, 0.15) is 0 Å². The molecule has 0 bridgehead atoms. The largest absolute Gasteiger partial charge is 0.376 e. The smallest absolute Gasteiger partial charge is 0.344 e. The van der Waals surface area contributed by atoms with Gasteiger partial charge in [-0.25, -0.2) is 9.89 Å². The highest BCUT2D eigenvalue weighted by Crippen LogP contribution is 2.21. The third-order valence-electron chi connectivity index (χ3n) is 2.82. The van der Waals surface area contributed by atoms with Crippen molar-refractivity contribution in [3.05, 3.63) is 10.5 Å². The van der Waals surface area contributed by atoms with Crippen LogP contribution in [0.2, 0.25) is 0 Å². The highest BCUT2D eigenvalue weighted by Gasteiger charge is 2.21. The highest BCUT2D eigenvalue weighted by molar-refractivity contribution is 8.00. The number of nitrogens with zero attached hydrogens (tertiary/aromatic N) is 2. The molecule has 0 unspecified atom stereocenters. The monoisotopic (exact) mass is 272 g/mol. The first kappa shape index (κ1) is 13.2. The lowest BCUT2D eigenvalue weighted by molar-refractivity contribution is -0.117. The van der Waals surface area contributed by atoms with Crippen molar-refractivity contribution in [1.82, 2.24) is 14.8 Å². The zero-order valence-electron chi connectivity index (χ0n) is 10.1. The number of carbonyl (C=O) groups excluding carboxylic acids is 1. The summed E-state index contributed by atoms with van der Waals surface area (Å²) in [6.45, 7) is 2.88. The Morgan fingerprint density at radius 1 is 1.78 bits per heavy atom. The van der Waals surface area contributed by atoms with Gasteiger partial charge >= 0.3 is 5.69 Å². The zero-order valence-corrected chi connectivity index (χ0v) is 10.9. The molecule has 1 aliphatic heterocycles. The van der Waals surface area contributed by atoms with Crippen molar-refractivity contribution in [2.45, 2.75) is 42.8 Å². The van der Waals surface area contributed by atoms with Gasteiger partial charge in [0.25, 0.3) is 0 Å². The molecule has 0 saturated carbocycles. The molecule has 100 valence electrons. The summed E-state index contributed by atoms with van der Waals surface area (Å²) in [5.41, 5.74) is 4.91. The molecule has 1 amide bonds. The number of hydrogen-bond acceptors (Lipinski definition) is 5. The van der Waals surface area contributed by atoms with Crippen molar-refractivity contribution >= 4 is 17.7 Å². The molecule has 1 saturated heterocycles. The Morgan fingerprint density at radius 3 is 3.17 bits per heavy atom. The Labute approximate surface area is 108 Å². The van der Waals surface area contributed by atoms with Crippen LogP contribution in [0, 0.1) is 0 Å². The van der Waals surface area contributed by atoms with Crippen LogP contribution in [-0.2, 0) is 16.1 Å². The minimum atomic E-state index is -0.431. The van der Waals surface area contributed by atoms with Gasteiger partial charge in [0, 0.05) is 6.61 Å².